The first-order chi connectivity index (χ1) is 16.6. The fourth-order valence-electron chi connectivity index (χ4n) is 3.83. The summed E-state index contributed by atoms with van der Waals surface area (Å²) in [6.07, 6.45) is 0. The highest BCUT2D eigenvalue weighted by Gasteiger charge is 2.22. The van der Waals surface area contributed by atoms with Gasteiger partial charge in [-0.25, -0.2) is 0 Å². The third kappa shape index (κ3) is 4.45. The Kier molecular flexibility index (Phi) is 6.14. The number of nitrogens with one attached hydrogen (secondary N) is 1. The largest absolute Gasteiger partial charge is 0.325 e. The van der Waals surface area contributed by atoms with Gasteiger partial charge in [-0.1, -0.05) is 96.2 Å². The highest BCUT2D eigenvalue weighted by atomic mass is 32.2. The topological polar surface area (TPSA) is 59.8 Å². The molecule has 0 saturated heterocycles. The average Bonchev–Trinajstić information content (AvgIpc) is 3.28. The molecule has 0 aliphatic rings. The zero-order valence-electron chi connectivity index (χ0n) is 19.0. The highest BCUT2D eigenvalue weighted by molar-refractivity contribution is 8.00. The van der Waals surface area contributed by atoms with Crippen LogP contribution in [0.25, 0.3) is 27.8 Å². The molecular formula is C28H24N4OS. The van der Waals surface area contributed by atoms with Gasteiger partial charge in [0.1, 0.15) is 0 Å². The number of carbonyl (C=O) groups excluding carboxylic acids is 1. The maximum Gasteiger partial charge on any atom is 0.237 e. The van der Waals surface area contributed by atoms with Crippen LogP contribution in [0.3, 0.4) is 0 Å². The molecule has 0 aliphatic heterocycles. The summed E-state index contributed by atoms with van der Waals surface area (Å²) in [6, 6.07) is 32.2. The summed E-state index contributed by atoms with van der Waals surface area (Å²) >= 11 is 1.39. The van der Waals surface area contributed by atoms with Gasteiger partial charge in [0.2, 0.25) is 5.91 Å². The molecule has 0 bridgehead atoms. The summed E-state index contributed by atoms with van der Waals surface area (Å²) in [7, 11) is 0. The number of rotatable bonds is 6. The third-order valence-electron chi connectivity index (χ3n) is 5.66. The SMILES string of the molecule is Cc1ccc(-c2nnc(S[C@H](C)C(=O)Nc3cccc4ccccc34)n2-c2ccccc2)cc1. The van der Waals surface area contributed by atoms with E-state index in [1.54, 1.807) is 0 Å². The molecule has 168 valence electrons. The Morgan fingerprint density at radius 3 is 2.35 bits per heavy atom. The molecule has 5 aromatic rings. The molecule has 0 unspecified atom stereocenters. The second-order valence-corrected chi connectivity index (χ2v) is 9.43. The second kappa shape index (κ2) is 9.53. The Balaban J connectivity index is 1.44. The molecule has 0 radical (unpaired) electrons. The number of benzene rings is 4. The van der Waals surface area contributed by atoms with E-state index >= 15 is 0 Å². The number of aryl methyl sites for hydroxylation is 1. The molecular weight excluding hydrogens is 440 g/mol. The van der Waals surface area contributed by atoms with Gasteiger partial charge in [0.25, 0.3) is 0 Å². The molecule has 1 aromatic heterocycles. The van der Waals surface area contributed by atoms with E-state index < -0.39 is 0 Å². The molecule has 1 heterocycles. The van der Waals surface area contributed by atoms with Crippen molar-refractivity contribution in [2.45, 2.75) is 24.3 Å². The summed E-state index contributed by atoms with van der Waals surface area (Å²) < 4.78 is 2.01. The van der Waals surface area contributed by atoms with Crippen LogP contribution in [0.2, 0.25) is 0 Å². The predicted molar refractivity (Wildman–Crippen MR) is 139 cm³/mol. The maximum atomic E-state index is 13.1. The maximum absolute atomic E-state index is 13.1. The Morgan fingerprint density at radius 2 is 1.56 bits per heavy atom. The fraction of sp³-hybridized carbons (Fsp3) is 0.107. The van der Waals surface area contributed by atoms with Gasteiger partial charge < -0.3 is 5.32 Å². The van der Waals surface area contributed by atoms with E-state index in [9.17, 15) is 4.79 Å². The van der Waals surface area contributed by atoms with Crippen molar-refractivity contribution in [1.29, 1.82) is 0 Å². The van der Waals surface area contributed by atoms with Gasteiger partial charge in [0.05, 0.1) is 5.25 Å². The minimum atomic E-state index is -0.378. The molecule has 5 rings (SSSR count). The van der Waals surface area contributed by atoms with Crippen molar-refractivity contribution in [2.75, 3.05) is 5.32 Å². The Morgan fingerprint density at radius 1 is 0.853 bits per heavy atom. The summed E-state index contributed by atoms with van der Waals surface area (Å²) in [4.78, 5) is 13.1. The van der Waals surface area contributed by atoms with E-state index in [1.807, 2.05) is 96.4 Å². The van der Waals surface area contributed by atoms with Crippen molar-refractivity contribution in [3.63, 3.8) is 0 Å². The number of amides is 1. The average molecular weight is 465 g/mol. The molecule has 5 nitrogen and oxygen atoms in total. The smallest absolute Gasteiger partial charge is 0.237 e. The van der Waals surface area contributed by atoms with Gasteiger partial charge in [0.15, 0.2) is 11.0 Å². The molecule has 1 N–H and O–H groups in total. The molecule has 6 heteroatoms. The van der Waals surface area contributed by atoms with Crippen LogP contribution >= 0.6 is 11.8 Å². The van der Waals surface area contributed by atoms with E-state index in [-0.39, 0.29) is 11.2 Å². The lowest BCUT2D eigenvalue weighted by Crippen LogP contribution is -2.23. The van der Waals surface area contributed by atoms with Crippen LogP contribution in [-0.4, -0.2) is 25.9 Å². The molecule has 34 heavy (non-hydrogen) atoms. The van der Waals surface area contributed by atoms with Crippen LogP contribution in [0, 0.1) is 6.92 Å². The monoisotopic (exact) mass is 464 g/mol. The number of fused-ring (bicyclic) bond motifs is 1. The lowest BCUT2D eigenvalue weighted by atomic mass is 10.1. The zero-order chi connectivity index (χ0) is 23.5. The van der Waals surface area contributed by atoms with E-state index in [2.05, 4.69) is 34.6 Å². The van der Waals surface area contributed by atoms with Gasteiger partial charge in [-0.05, 0) is 37.4 Å². The number of anilines is 1. The van der Waals surface area contributed by atoms with Gasteiger partial charge in [-0.15, -0.1) is 10.2 Å². The first-order valence-electron chi connectivity index (χ1n) is 11.1. The van der Waals surface area contributed by atoms with Crippen LogP contribution in [-0.2, 0) is 4.79 Å². The van der Waals surface area contributed by atoms with Crippen LogP contribution in [0.15, 0.2) is 102 Å². The van der Waals surface area contributed by atoms with E-state index in [1.165, 1.54) is 17.3 Å². The first-order valence-corrected chi connectivity index (χ1v) is 12.0. The number of nitrogens with zero attached hydrogens (tertiary/aromatic N) is 3. The van der Waals surface area contributed by atoms with Crippen molar-refractivity contribution in [3.05, 3.63) is 103 Å². The number of para-hydroxylation sites is 1. The number of hydrogen-bond donors (Lipinski definition) is 1. The minimum absolute atomic E-state index is 0.0825. The van der Waals surface area contributed by atoms with Gasteiger partial charge >= 0.3 is 0 Å². The standard InChI is InChI=1S/C28H24N4OS/c1-19-15-17-22(18-16-19)26-30-31-28(32(26)23-11-4-3-5-12-23)34-20(2)27(33)29-25-14-8-10-21-9-6-7-13-24(21)25/h3-18,20H,1-2H3,(H,29,33)/t20-/m1/s1. The van der Waals surface area contributed by atoms with Crippen molar-refractivity contribution in [2.24, 2.45) is 0 Å². The van der Waals surface area contributed by atoms with Gasteiger partial charge in [-0.2, -0.15) is 0 Å². The van der Waals surface area contributed by atoms with Crippen LogP contribution in [0.1, 0.15) is 12.5 Å². The molecule has 4 aromatic carbocycles. The molecule has 1 amide bonds. The first kappa shape index (κ1) is 21.9. The summed E-state index contributed by atoms with van der Waals surface area (Å²) in [5.41, 5.74) is 3.91. The van der Waals surface area contributed by atoms with Crippen molar-refractivity contribution >= 4 is 34.1 Å². The number of thioether (sulfide) groups is 1. The van der Waals surface area contributed by atoms with Gasteiger partial charge in [-0.3, -0.25) is 9.36 Å². The molecule has 0 spiro atoms. The van der Waals surface area contributed by atoms with E-state index in [0.717, 1.165) is 33.5 Å². The summed E-state index contributed by atoms with van der Waals surface area (Å²) in [5, 5.41) is 14.4. The van der Waals surface area contributed by atoms with Crippen molar-refractivity contribution < 1.29 is 4.79 Å². The normalized spacial score (nSPS) is 11.9. The van der Waals surface area contributed by atoms with Gasteiger partial charge in [0, 0.05) is 22.3 Å². The van der Waals surface area contributed by atoms with Crippen LogP contribution in [0.5, 0.6) is 0 Å². The molecule has 0 saturated carbocycles. The second-order valence-electron chi connectivity index (χ2n) is 8.12. The van der Waals surface area contributed by atoms with Crippen molar-refractivity contribution in [3.8, 4) is 17.1 Å². The highest BCUT2D eigenvalue weighted by Crippen LogP contribution is 2.31. The molecule has 1 atom stereocenters. The third-order valence-corrected chi connectivity index (χ3v) is 6.70. The quantitative estimate of drug-likeness (QED) is 0.291. The predicted octanol–water partition coefficient (Wildman–Crippen LogP) is 6.52. The minimum Gasteiger partial charge on any atom is -0.325 e. The Bertz CT molecular complexity index is 1440. The van der Waals surface area contributed by atoms with Crippen LogP contribution < -0.4 is 5.32 Å². The van der Waals surface area contributed by atoms with E-state index in [4.69, 9.17) is 0 Å². The number of hydrogen-bond acceptors (Lipinski definition) is 4. The van der Waals surface area contributed by atoms with Crippen molar-refractivity contribution in [1.82, 2.24) is 14.8 Å². The number of carbonyl (C=O) groups is 1. The van der Waals surface area contributed by atoms with E-state index in [0.29, 0.717) is 5.16 Å². The zero-order valence-corrected chi connectivity index (χ0v) is 19.8. The summed E-state index contributed by atoms with van der Waals surface area (Å²) in [6.45, 7) is 3.95. The molecule has 0 fully saturated rings. The Hall–Kier alpha value is -3.90. The fourth-order valence-corrected chi connectivity index (χ4v) is 4.69. The lowest BCUT2D eigenvalue weighted by molar-refractivity contribution is -0.115. The Labute approximate surface area is 202 Å². The summed E-state index contributed by atoms with van der Waals surface area (Å²) in [5.74, 6) is 0.663. The molecule has 0 aliphatic carbocycles. The lowest BCUT2D eigenvalue weighted by Gasteiger charge is -2.15. The van der Waals surface area contributed by atoms with Crippen LogP contribution in [0.4, 0.5) is 5.69 Å². The number of aromatic nitrogens is 3.